The average molecular weight is 371 g/mol. The quantitative estimate of drug-likeness (QED) is 0.239. The van der Waals surface area contributed by atoms with E-state index in [0.717, 1.165) is 0 Å². The number of hydrogen-bond donors (Lipinski definition) is 3. The molecule has 0 unspecified atom stereocenters. The van der Waals surface area contributed by atoms with Crippen LogP contribution in [-0.2, 0) is 18.9 Å². The molecule has 18 heteroatoms. The van der Waals surface area contributed by atoms with Gasteiger partial charge in [-0.3, -0.25) is 4.55 Å². The summed E-state index contributed by atoms with van der Waals surface area (Å²) in [7, 11) is -10.2. The third-order valence-corrected chi connectivity index (χ3v) is 1.72. The number of phosphoric acid groups is 1. The van der Waals surface area contributed by atoms with E-state index in [-0.39, 0.29) is 113 Å². The largest absolute Gasteiger partial charge is 0.316 e. The van der Waals surface area contributed by atoms with Gasteiger partial charge in [0, 0.05) is 0 Å². The minimum atomic E-state index is -5.13. The van der Waals surface area contributed by atoms with Crippen molar-refractivity contribution in [2.45, 2.75) is 0 Å². The first-order valence-electron chi connectivity index (χ1n) is 1.45. The molecule has 0 rings (SSSR count). The molecular formula is H20KMgO14PS. The van der Waals surface area contributed by atoms with E-state index in [9.17, 15) is 13.0 Å². The van der Waals surface area contributed by atoms with E-state index in [2.05, 4.69) is 3.97 Å². The molecule has 0 bridgehead atoms. The summed E-state index contributed by atoms with van der Waals surface area (Å²) in [6, 6.07) is 0. The summed E-state index contributed by atoms with van der Waals surface area (Å²) < 4.78 is 39.0. The normalized spacial score (nSPS) is 6.83. The second kappa shape index (κ2) is 27.5. The molecule has 17 N–H and O–H groups in total. The van der Waals surface area contributed by atoms with Crippen molar-refractivity contribution in [1.82, 2.24) is 0 Å². The van der Waals surface area contributed by atoms with Crippen LogP contribution in [0.5, 0.6) is 0 Å². The Hall–Kier alpha value is 2.14. The molecule has 0 radical (unpaired) electrons. The molecule has 0 aliphatic carbocycles. The topological polar surface area (TPSA) is 342 Å². The van der Waals surface area contributed by atoms with Crippen molar-refractivity contribution < 1.29 is 69.6 Å². The monoisotopic (exact) mass is 370 g/mol. The summed E-state index contributed by atoms with van der Waals surface area (Å²) in [5.41, 5.74) is 0. The molecule has 0 heterocycles. The van der Waals surface area contributed by atoms with E-state index in [1.807, 2.05) is 0 Å². The van der Waals surface area contributed by atoms with Crippen molar-refractivity contribution in [3.05, 3.63) is 0 Å². The number of hydrogen-bond acceptors (Lipinski definition) is 4. The number of rotatable bonds is 2. The second-order valence-corrected chi connectivity index (χ2v) is 3.43. The second-order valence-electron chi connectivity index (χ2n) is 0.993. The Morgan fingerprint density at radius 2 is 1.00 bits per heavy atom. The first-order chi connectivity index (χ1) is 3.71. The Morgan fingerprint density at radius 3 is 1.00 bits per heavy atom. The van der Waals surface area contributed by atoms with Gasteiger partial charge >= 0.3 is 92.7 Å². The fourth-order valence-electron chi connectivity index (χ4n) is 0.123. The van der Waals surface area contributed by atoms with Crippen LogP contribution in [-0.4, -0.2) is 136 Å². The Bertz CT molecular complexity index is 228. The van der Waals surface area contributed by atoms with Crippen LogP contribution in [0, 0.1) is 0 Å². The van der Waals surface area contributed by atoms with Crippen molar-refractivity contribution in [1.29, 1.82) is 0 Å². The molecule has 0 aliphatic rings. The molecule has 0 aromatic heterocycles. The van der Waals surface area contributed by atoms with E-state index in [1.54, 1.807) is 0 Å². The van der Waals surface area contributed by atoms with Crippen molar-refractivity contribution >= 4 is 92.7 Å². The first kappa shape index (κ1) is 71.7. The van der Waals surface area contributed by atoms with Crippen LogP contribution < -0.4 is 0 Å². The minimum Gasteiger partial charge on any atom is 0.316 e. The van der Waals surface area contributed by atoms with Gasteiger partial charge in [0.05, 0.1) is 0 Å². The molecule has 0 aromatic rings. The van der Waals surface area contributed by atoms with Crippen molar-refractivity contribution in [3.8, 4) is 0 Å². The summed E-state index contributed by atoms with van der Waals surface area (Å²) in [5, 5.41) is 0. The minimum absolute atomic E-state index is 0. The molecule has 0 atom stereocenters. The Morgan fingerprint density at radius 1 is 0.833 bits per heavy atom. The van der Waals surface area contributed by atoms with Gasteiger partial charge in [-0.1, -0.05) is 0 Å². The van der Waals surface area contributed by atoms with Crippen molar-refractivity contribution in [3.63, 3.8) is 0 Å². The summed E-state index contributed by atoms with van der Waals surface area (Å²) in [4.78, 5) is 15.4. The predicted molar refractivity (Wildman–Crippen MR) is 65.7 cm³/mol. The molecule has 0 aromatic carbocycles. The average Bonchev–Trinajstić information content (AvgIpc) is 1.14. The van der Waals surface area contributed by atoms with E-state index in [4.69, 9.17) is 14.3 Å². The molecule has 18 heavy (non-hydrogen) atoms. The fourth-order valence-corrected chi connectivity index (χ4v) is 1.10. The summed E-state index contributed by atoms with van der Waals surface area (Å²) in [6.45, 7) is 0. The Kier molecular flexibility index (Phi) is 110. The third kappa shape index (κ3) is 80.4. The van der Waals surface area contributed by atoms with Gasteiger partial charge in [0.15, 0.2) is 0 Å². The molecule has 0 fully saturated rings. The van der Waals surface area contributed by atoms with Crippen LogP contribution in [0.1, 0.15) is 0 Å². The van der Waals surface area contributed by atoms with Crippen LogP contribution in [0.15, 0.2) is 0 Å². The van der Waals surface area contributed by atoms with Gasteiger partial charge in [0.2, 0.25) is 0 Å². The Balaban J connectivity index is -0.00000000889. The zero-order chi connectivity index (χ0) is 7.71. The smallest absolute Gasteiger partial charge is 0.316 e. The molecule has 0 aliphatic heterocycles. The predicted octanol–water partition coefficient (Wildman–Crippen LogP) is -8.44. The molecule has 0 spiro atoms. The zero-order valence-electron chi connectivity index (χ0n) is 7.33. The summed E-state index contributed by atoms with van der Waals surface area (Å²) in [5.74, 6) is 0. The molecule has 14 nitrogen and oxygen atoms in total. The van der Waals surface area contributed by atoms with Gasteiger partial charge in [-0.05, 0) is 0 Å². The van der Waals surface area contributed by atoms with Crippen LogP contribution in [0.4, 0.5) is 0 Å². The van der Waals surface area contributed by atoms with Gasteiger partial charge in [0.25, 0.3) is 0 Å². The van der Waals surface area contributed by atoms with Crippen LogP contribution in [0.2, 0.25) is 0 Å². The molecule has 0 amide bonds. The molecular weight excluding hydrogens is 350 g/mol. The van der Waals surface area contributed by atoms with Crippen molar-refractivity contribution in [2.24, 2.45) is 0 Å². The van der Waals surface area contributed by atoms with E-state index in [0.29, 0.717) is 0 Å². The molecule has 0 saturated carbocycles. The maximum atomic E-state index is 9.58. The van der Waals surface area contributed by atoms with Gasteiger partial charge in [-0.2, -0.15) is 8.42 Å². The van der Waals surface area contributed by atoms with Gasteiger partial charge in [0.1, 0.15) is 0 Å². The van der Waals surface area contributed by atoms with E-state index >= 15 is 0 Å². The standard InChI is InChI=1S/K.Mg.H3O7PS.7H2O.3H/c;;1-8(2,3)7-9(4,5)6;;;;;;;;;;/h;;(H2,1,2,3)(H,4,5,6);7*1H2;;;. The zero-order valence-corrected chi connectivity index (χ0v) is 9.04. The van der Waals surface area contributed by atoms with Crippen LogP contribution >= 0.6 is 7.82 Å². The molecule has 0 saturated heterocycles. The van der Waals surface area contributed by atoms with Gasteiger partial charge in [-0.25, -0.2) is 4.57 Å². The van der Waals surface area contributed by atoms with Gasteiger partial charge < -0.3 is 48.1 Å². The third-order valence-electron chi connectivity index (χ3n) is 0.191. The first-order valence-corrected chi connectivity index (χ1v) is 4.34. The van der Waals surface area contributed by atoms with Crippen LogP contribution in [0.25, 0.3) is 0 Å². The van der Waals surface area contributed by atoms with E-state index < -0.39 is 18.2 Å². The van der Waals surface area contributed by atoms with Crippen LogP contribution in [0.3, 0.4) is 0 Å². The maximum absolute atomic E-state index is 9.58. The van der Waals surface area contributed by atoms with E-state index in [1.165, 1.54) is 0 Å². The SMILES string of the molecule is O.O.O.O.O.O.O.O=P(O)(O)OS(=O)(=O)O.[KH].[MgH2]. The molecule has 118 valence electrons. The maximum Gasteiger partial charge on any atom is 0.316 e. The van der Waals surface area contributed by atoms with Gasteiger partial charge in [-0.15, -0.1) is 3.97 Å². The Labute approximate surface area is 160 Å². The summed E-state index contributed by atoms with van der Waals surface area (Å²) in [6.07, 6.45) is 0. The summed E-state index contributed by atoms with van der Waals surface area (Å²) >= 11 is 0. The van der Waals surface area contributed by atoms with Crippen molar-refractivity contribution in [2.75, 3.05) is 0 Å². The fraction of sp³-hybridized carbons (Fsp3) is 0.